The van der Waals surface area contributed by atoms with Crippen molar-refractivity contribution in [3.8, 4) is 11.5 Å². The van der Waals surface area contributed by atoms with E-state index in [0.29, 0.717) is 90.6 Å². The summed E-state index contributed by atoms with van der Waals surface area (Å²) in [6.45, 7) is 8.29. The molecular formula is C43H59ClN6O9. The highest BCUT2D eigenvalue weighted by Gasteiger charge is 2.62. The molecular weight excluding hydrogens is 780 g/mol. The molecule has 59 heavy (non-hydrogen) atoms. The van der Waals surface area contributed by atoms with Crippen molar-refractivity contribution in [1.82, 2.24) is 25.4 Å². The van der Waals surface area contributed by atoms with Crippen LogP contribution in [0.25, 0.3) is 10.9 Å². The topological polar surface area (TPSA) is 181 Å². The molecule has 1 aromatic heterocycles. The van der Waals surface area contributed by atoms with Crippen molar-refractivity contribution in [1.29, 1.82) is 0 Å². The lowest BCUT2D eigenvalue weighted by atomic mass is 10.0. The van der Waals surface area contributed by atoms with Crippen LogP contribution in [0, 0.1) is 17.8 Å². The zero-order chi connectivity index (χ0) is 41.3. The van der Waals surface area contributed by atoms with Gasteiger partial charge in [0, 0.05) is 43.5 Å². The maximum absolute atomic E-state index is 14.6. The Labute approximate surface area is 350 Å². The van der Waals surface area contributed by atoms with E-state index >= 15 is 0 Å². The molecule has 1 unspecified atom stereocenters. The molecule has 6 fully saturated rings. The van der Waals surface area contributed by atoms with Crippen LogP contribution < -0.4 is 25.4 Å². The number of halogens is 1. The number of ether oxygens (including phenoxy) is 4. The van der Waals surface area contributed by atoms with E-state index in [1.54, 1.807) is 12.1 Å². The molecule has 0 bridgehead atoms. The highest BCUT2D eigenvalue weighted by Crippen LogP contribution is 2.52. The highest BCUT2D eigenvalue weighted by atomic mass is 35.5. The lowest BCUT2D eigenvalue weighted by Gasteiger charge is -2.29. The van der Waals surface area contributed by atoms with Gasteiger partial charge >= 0.3 is 12.1 Å². The van der Waals surface area contributed by atoms with Gasteiger partial charge in [-0.3, -0.25) is 14.5 Å². The van der Waals surface area contributed by atoms with Crippen LogP contribution in [-0.2, 0) is 23.9 Å². The monoisotopic (exact) mass is 838 g/mol. The SMILES string of the molecule is CC(C)Nc1cc(O[C@@H]2C[C@H]3C(=O)N[C@]4(C(=O)O)C[C@H]4CCCCCCC[C@H](NC(=O)OC4C[C@@H]5C[C@@H]5C4)C(=O)N3C2)c2ccc(OCCN3CCOCC3)c(Cl)c2n1. The summed E-state index contributed by atoms with van der Waals surface area (Å²) in [5.41, 5.74) is -0.894. The quantitative estimate of drug-likeness (QED) is 0.228. The number of carboxylic acids is 1. The smallest absolute Gasteiger partial charge is 0.408 e. The van der Waals surface area contributed by atoms with Gasteiger partial charge in [0.05, 0.1) is 25.3 Å². The van der Waals surface area contributed by atoms with Gasteiger partial charge in [-0.2, -0.15) is 0 Å². The number of nitrogens with one attached hydrogen (secondary N) is 3. The van der Waals surface area contributed by atoms with Crippen LogP contribution in [0.1, 0.15) is 90.9 Å². The van der Waals surface area contributed by atoms with Crippen LogP contribution in [0.15, 0.2) is 18.2 Å². The Morgan fingerprint density at radius 3 is 2.51 bits per heavy atom. The Kier molecular flexibility index (Phi) is 12.6. The summed E-state index contributed by atoms with van der Waals surface area (Å²) >= 11 is 7.00. The first-order chi connectivity index (χ1) is 28.5. The number of aromatic nitrogens is 1. The Morgan fingerprint density at radius 2 is 1.76 bits per heavy atom. The van der Waals surface area contributed by atoms with Gasteiger partial charge in [0.15, 0.2) is 0 Å². The van der Waals surface area contributed by atoms with Gasteiger partial charge < -0.3 is 44.9 Å². The van der Waals surface area contributed by atoms with Crippen molar-refractivity contribution in [2.45, 2.75) is 127 Å². The van der Waals surface area contributed by atoms with Crippen LogP contribution >= 0.6 is 11.6 Å². The molecule has 16 heteroatoms. The first-order valence-corrected chi connectivity index (χ1v) is 22.2. The highest BCUT2D eigenvalue weighted by molar-refractivity contribution is 6.36. The zero-order valence-electron chi connectivity index (χ0n) is 34.2. The molecule has 2 aromatic rings. The second-order valence-corrected chi connectivity index (χ2v) is 18.2. The van der Waals surface area contributed by atoms with Crippen LogP contribution in [0.3, 0.4) is 0 Å². The number of alkyl carbamates (subject to hydrolysis) is 1. The van der Waals surface area contributed by atoms with Crippen LogP contribution in [0.2, 0.25) is 5.02 Å². The number of hydrogen-bond donors (Lipinski definition) is 4. The largest absolute Gasteiger partial charge is 0.491 e. The molecule has 6 aliphatic rings. The second kappa shape index (κ2) is 17.9. The summed E-state index contributed by atoms with van der Waals surface area (Å²) in [4.78, 5) is 63.4. The number of morpholine rings is 1. The minimum Gasteiger partial charge on any atom is -0.491 e. The van der Waals surface area contributed by atoms with Crippen molar-refractivity contribution in [3.05, 3.63) is 23.2 Å². The summed E-state index contributed by atoms with van der Waals surface area (Å²) in [6, 6.07) is 3.51. The van der Waals surface area contributed by atoms with Gasteiger partial charge in [-0.25, -0.2) is 14.6 Å². The van der Waals surface area contributed by atoms with E-state index in [2.05, 4.69) is 20.9 Å². The number of hydrogen-bond acceptors (Lipinski definition) is 11. The van der Waals surface area contributed by atoms with Crippen molar-refractivity contribution >= 4 is 52.2 Å². The molecule has 1 aromatic carbocycles. The Balaban J connectivity index is 1.05. The number of fused-ring (bicyclic) bond motifs is 4. The van der Waals surface area contributed by atoms with Gasteiger partial charge in [-0.15, -0.1) is 0 Å². The molecule has 3 aliphatic heterocycles. The number of pyridine rings is 1. The van der Waals surface area contributed by atoms with E-state index in [1.807, 2.05) is 19.9 Å². The molecule has 0 spiro atoms. The summed E-state index contributed by atoms with van der Waals surface area (Å²) < 4.78 is 24.1. The number of benzene rings is 1. The maximum Gasteiger partial charge on any atom is 0.408 e. The second-order valence-electron chi connectivity index (χ2n) is 17.8. The summed E-state index contributed by atoms with van der Waals surface area (Å²) in [6.07, 6.45) is 7.26. The summed E-state index contributed by atoms with van der Waals surface area (Å²) in [7, 11) is 0. The molecule has 4 N–H and O–H groups in total. The fraction of sp³-hybridized carbons (Fsp3) is 0.698. The third kappa shape index (κ3) is 9.62. The minimum atomic E-state index is -1.37. The first-order valence-electron chi connectivity index (χ1n) is 21.8. The zero-order valence-corrected chi connectivity index (χ0v) is 35.0. The number of amides is 3. The van der Waals surface area contributed by atoms with Crippen LogP contribution in [0.4, 0.5) is 10.6 Å². The lowest BCUT2D eigenvalue weighted by molar-refractivity contribution is -0.146. The fourth-order valence-electron chi connectivity index (χ4n) is 9.71. The van der Waals surface area contributed by atoms with E-state index in [9.17, 15) is 24.3 Å². The predicted octanol–water partition coefficient (Wildman–Crippen LogP) is 5.36. The molecule has 15 nitrogen and oxygen atoms in total. The molecule has 3 amide bonds. The van der Waals surface area contributed by atoms with Crippen LogP contribution in [-0.4, -0.2) is 126 Å². The van der Waals surface area contributed by atoms with Crippen molar-refractivity contribution < 1.29 is 43.2 Å². The number of anilines is 1. The number of carbonyl (C=O) groups excluding carboxylic acids is 3. The van der Waals surface area contributed by atoms with Crippen LogP contribution in [0.5, 0.6) is 11.5 Å². The average molecular weight is 839 g/mol. The molecule has 3 saturated heterocycles. The summed E-state index contributed by atoms with van der Waals surface area (Å²) in [5.74, 6) is 0.531. The fourth-order valence-corrected chi connectivity index (χ4v) is 9.97. The van der Waals surface area contributed by atoms with Crippen molar-refractivity contribution in [3.63, 3.8) is 0 Å². The standard InChI is InChI=1S/C43H59ClN6O9/c1-25(2)45-36-22-35(31-10-11-34(37(44)38(31)47-36)57-17-14-49-12-15-56-16-13-49)58-30-21-33-39(51)48-43(41(53)54)23-28(43)8-6-4-3-5-7-9-32(40(52)50(33)24-30)46-42(55)59-29-19-26-18-27(26)20-29/h10-11,22,25-30,32-33H,3-9,12-21,23-24H2,1-2H3,(H,45,47)(H,46,55)(H,48,51)(H,53,54)/t26-,27+,28-,29?,30-,32+,33+,43-/m1/s1. The van der Waals surface area contributed by atoms with Crippen molar-refractivity contribution in [2.24, 2.45) is 17.8 Å². The number of nitrogens with zero attached hydrogens (tertiary/aromatic N) is 3. The van der Waals surface area contributed by atoms with E-state index in [-0.39, 0.29) is 31.0 Å². The van der Waals surface area contributed by atoms with Gasteiger partial charge in [-0.05, 0) is 82.3 Å². The molecule has 3 saturated carbocycles. The predicted molar refractivity (Wildman–Crippen MR) is 220 cm³/mol. The van der Waals surface area contributed by atoms with Gasteiger partial charge in [0.1, 0.15) is 58.8 Å². The molecule has 0 radical (unpaired) electrons. The molecule has 8 atom stereocenters. The van der Waals surface area contributed by atoms with Crippen molar-refractivity contribution in [2.75, 3.05) is 51.3 Å². The maximum atomic E-state index is 14.6. The van der Waals surface area contributed by atoms with Gasteiger partial charge in [0.2, 0.25) is 11.8 Å². The number of rotatable bonds is 11. The summed E-state index contributed by atoms with van der Waals surface area (Å²) in [5, 5.41) is 20.4. The third-order valence-corrected chi connectivity index (χ3v) is 13.5. The van der Waals surface area contributed by atoms with E-state index in [4.69, 9.17) is 35.5 Å². The number of aliphatic carboxylic acids is 1. The first kappa shape index (κ1) is 41.6. The van der Waals surface area contributed by atoms with Gasteiger partial charge in [0.25, 0.3) is 0 Å². The number of carboxylic acid groups (broad SMARTS) is 1. The Bertz CT molecular complexity index is 1890. The third-order valence-electron chi connectivity index (χ3n) is 13.1. The van der Waals surface area contributed by atoms with E-state index in [1.165, 1.54) is 11.3 Å². The molecule has 322 valence electrons. The molecule has 3 aliphatic carbocycles. The lowest BCUT2D eigenvalue weighted by Crippen LogP contribution is -2.56. The number of carbonyl (C=O) groups is 4. The molecule has 8 rings (SSSR count). The van der Waals surface area contributed by atoms with E-state index < -0.39 is 47.6 Å². The average Bonchev–Trinajstić information content (AvgIpc) is 4.00. The Hall–Kier alpha value is -4.08. The van der Waals surface area contributed by atoms with Gasteiger partial charge in [-0.1, -0.05) is 43.7 Å². The normalized spacial score (nSPS) is 31.3. The van der Waals surface area contributed by atoms with E-state index in [0.717, 1.165) is 58.2 Å². The molecule has 4 heterocycles. The minimum absolute atomic E-state index is 0.0346. The Morgan fingerprint density at radius 1 is 1.02 bits per heavy atom.